The minimum atomic E-state index is -0.666. The van der Waals surface area contributed by atoms with Gasteiger partial charge in [-0.25, -0.2) is 0 Å². The lowest BCUT2D eigenvalue weighted by molar-refractivity contribution is -0.143. The lowest BCUT2D eigenvalue weighted by Gasteiger charge is -2.22. The molecule has 0 spiro atoms. The van der Waals surface area contributed by atoms with Crippen molar-refractivity contribution in [2.45, 2.75) is 392 Å². The number of aliphatic hydroxyl groups is 2. The van der Waals surface area contributed by atoms with Crippen molar-refractivity contribution < 1.29 is 24.5 Å². The van der Waals surface area contributed by atoms with E-state index in [1.54, 1.807) is 0 Å². The molecule has 0 rings (SSSR count). The third-order valence-electron chi connectivity index (χ3n) is 15.8. The first-order chi connectivity index (χ1) is 36.0. The van der Waals surface area contributed by atoms with Gasteiger partial charge in [-0.3, -0.25) is 9.59 Å². The third kappa shape index (κ3) is 59.7. The second-order valence-corrected chi connectivity index (χ2v) is 23.2. The van der Waals surface area contributed by atoms with E-state index in [0.29, 0.717) is 25.9 Å². The topological polar surface area (TPSA) is 95.9 Å². The number of aliphatic hydroxyl groups excluding tert-OH is 2. The molecule has 0 aliphatic heterocycles. The molecule has 0 aromatic carbocycles. The Morgan fingerprint density at radius 1 is 0.370 bits per heavy atom. The summed E-state index contributed by atoms with van der Waals surface area (Å²) >= 11 is 0. The zero-order valence-electron chi connectivity index (χ0n) is 49.6. The van der Waals surface area contributed by atoms with Crippen LogP contribution in [0.25, 0.3) is 0 Å². The normalized spacial score (nSPS) is 12.5. The van der Waals surface area contributed by atoms with Crippen LogP contribution < -0.4 is 5.32 Å². The van der Waals surface area contributed by atoms with Gasteiger partial charge >= 0.3 is 5.97 Å². The van der Waals surface area contributed by atoms with E-state index >= 15 is 0 Å². The van der Waals surface area contributed by atoms with E-state index in [1.165, 1.54) is 302 Å². The molecule has 0 aromatic heterocycles. The molecule has 0 fully saturated rings. The molecule has 0 aliphatic rings. The number of amides is 1. The summed E-state index contributed by atoms with van der Waals surface area (Å²) in [5.41, 5.74) is 0. The molecule has 6 heteroatoms. The van der Waals surface area contributed by atoms with Crippen LogP contribution in [0, 0.1) is 0 Å². The molecule has 3 N–H and O–H groups in total. The van der Waals surface area contributed by atoms with Crippen molar-refractivity contribution in [1.82, 2.24) is 5.32 Å². The Morgan fingerprint density at radius 3 is 0.973 bits per heavy atom. The van der Waals surface area contributed by atoms with Crippen LogP contribution in [0.15, 0.2) is 12.2 Å². The first kappa shape index (κ1) is 71.6. The Morgan fingerprint density at radius 2 is 0.644 bits per heavy atom. The Balaban J connectivity index is 3.37. The highest BCUT2D eigenvalue weighted by Crippen LogP contribution is 2.19. The van der Waals surface area contributed by atoms with Gasteiger partial charge in [0.1, 0.15) is 0 Å². The van der Waals surface area contributed by atoms with E-state index in [9.17, 15) is 19.8 Å². The smallest absolute Gasteiger partial charge is 0.305 e. The van der Waals surface area contributed by atoms with Crippen molar-refractivity contribution in [3.05, 3.63) is 12.2 Å². The second kappa shape index (κ2) is 63.1. The molecule has 0 bridgehead atoms. The number of unbranched alkanes of at least 4 members (excludes halogenated alkanes) is 50. The van der Waals surface area contributed by atoms with Crippen molar-refractivity contribution in [3.8, 4) is 0 Å². The SMILES string of the molecule is CCCCCCCCC/C=C\CCCCCCCCCC(=O)OCCCCCCCCCCCCCCCCCCCCCCC(=O)NC(CO)C(O)CCCCCCCCCCCCCCCCCCCC. The number of hydrogen-bond acceptors (Lipinski definition) is 5. The number of carbonyl (C=O) groups excluding carboxylic acids is 2. The molecule has 73 heavy (non-hydrogen) atoms. The fraction of sp³-hybridized carbons (Fsp3) is 0.940. The number of carbonyl (C=O) groups is 2. The van der Waals surface area contributed by atoms with E-state index in [0.717, 1.165) is 44.9 Å². The molecule has 434 valence electrons. The Kier molecular flexibility index (Phi) is 61.9. The first-order valence-corrected chi connectivity index (χ1v) is 33.4. The van der Waals surface area contributed by atoms with Crippen molar-refractivity contribution in [1.29, 1.82) is 0 Å². The Hall–Kier alpha value is -1.40. The summed E-state index contributed by atoms with van der Waals surface area (Å²) in [5, 5.41) is 23.4. The highest BCUT2D eigenvalue weighted by atomic mass is 16.5. The molecule has 0 saturated carbocycles. The van der Waals surface area contributed by atoms with Gasteiger partial charge < -0.3 is 20.3 Å². The number of hydrogen-bond donors (Lipinski definition) is 3. The van der Waals surface area contributed by atoms with Crippen molar-refractivity contribution >= 4 is 11.9 Å². The summed E-state index contributed by atoms with van der Waals surface area (Å²) < 4.78 is 5.50. The van der Waals surface area contributed by atoms with E-state index in [-0.39, 0.29) is 18.5 Å². The summed E-state index contributed by atoms with van der Waals surface area (Å²) in [6.07, 6.45) is 76.6. The lowest BCUT2D eigenvalue weighted by Crippen LogP contribution is -2.45. The van der Waals surface area contributed by atoms with Crippen LogP contribution in [0.4, 0.5) is 0 Å². The number of ether oxygens (including phenoxy) is 1. The zero-order chi connectivity index (χ0) is 52.9. The maximum atomic E-state index is 12.5. The van der Waals surface area contributed by atoms with Crippen LogP contribution in [0.5, 0.6) is 0 Å². The fourth-order valence-corrected chi connectivity index (χ4v) is 10.7. The van der Waals surface area contributed by atoms with E-state index in [4.69, 9.17) is 4.74 Å². The van der Waals surface area contributed by atoms with Crippen LogP contribution in [-0.2, 0) is 14.3 Å². The lowest BCUT2D eigenvalue weighted by atomic mass is 10.0. The van der Waals surface area contributed by atoms with Gasteiger partial charge in [0, 0.05) is 12.8 Å². The maximum absolute atomic E-state index is 12.5. The molecule has 2 atom stereocenters. The molecule has 0 aliphatic carbocycles. The molecule has 0 aromatic rings. The Bertz CT molecular complexity index is 1100. The highest BCUT2D eigenvalue weighted by molar-refractivity contribution is 5.76. The van der Waals surface area contributed by atoms with Crippen LogP contribution in [0.3, 0.4) is 0 Å². The third-order valence-corrected chi connectivity index (χ3v) is 15.8. The average molecular weight is 1030 g/mol. The number of rotatable bonds is 63. The van der Waals surface area contributed by atoms with Crippen LogP contribution in [-0.4, -0.2) is 47.4 Å². The minimum Gasteiger partial charge on any atom is -0.466 e. The standard InChI is InChI=1S/C67H131NO5/c1-3-5-7-9-11-13-15-17-19-21-27-31-35-39-43-47-51-55-59-65(70)64(63-69)68-66(71)60-56-52-48-44-40-36-32-28-25-23-24-26-30-34-38-42-46-50-54-58-62-73-67(72)61-57-53-49-45-41-37-33-29-22-20-18-16-14-12-10-8-6-4-2/h20,22,64-65,69-70H,3-19,21,23-63H2,1-2H3,(H,68,71)/b22-20-. The predicted octanol–water partition coefficient (Wildman–Crippen LogP) is 21.2. The molecule has 2 unspecified atom stereocenters. The summed E-state index contributed by atoms with van der Waals surface area (Å²) in [6, 6.07) is -0.543. The van der Waals surface area contributed by atoms with Gasteiger partial charge in [-0.15, -0.1) is 0 Å². The van der Waals surface area contributed by atoms with Gasteiger partial charge in [0.2, 0.25) is 5.91 Å². The average Bonchev–Trinajstić information content (AvgIpc) is 3.39. The monoisotopic (exact) mass is 1030 g/mol. The van der Waals surface area contributed by atoms with Gasteiger partial charge in [-0.05, 0) is 51.4 Å². The van der Waals surface area contributed by atoms with Crippen molar-refractivity contribution in [2.24, 2.45) is 0 Å². The molecule has 0 heterocycles. The largest absolute Gasteiger partial charge is 0.466 e. The van der Waals surface area contributed by atoms with Crippen molar-refractivity contribution in [3.63, 3.8) is 0 Å². The van der Waals surface area contributed by atoms with Crippen molar-refractivity contribution in [2.75, 3.05) is 13.2 Å². The highest BCUT2D eigenvalue weighted by Gasteiger charge is 2.20. The molecule has 6 nitrogen and oxygen atoms in total. The maximum Gasteiger partial charge on any atom is 0.305 e. The molecule has 0 radical (unpaired) electrons. The van der Waals surface area contributed by atoms with Gasteiger partial charge in [-0.1, -0.05) is 328 Å². The van der Waals surface area contributed by atoms with Gasteiger partial charge in [0.05, 0.1) is 25.4 Å². The van der Waals surface area contributed by atoms with Crippen LogP contribution >= 0.6 is 0 Å². The summed E-state index contributed by atoms with van der Waals surface area (Å²) in [4.78, 5) is 24.6. The first-order valence-electron chi connectivity index (χ1n) is 33.4. The second-order valence-electron chi connectivity index (χ2n) is 23.2. The van der Waals surface area contributed by atoms with Crippen LogP contribution in [0.2, 0.25) is 0 Å². The number of allylic oxidation sites excluding steroid dienone is 2. The Labute approximate surface area is 457 Å². The summed E-state index contributed by atoms with van der Waals surface area (Å²) in [5.74, 6) is -0.0241. The summed E-state index contributed by atoms with van der Waals surface area (Å²) in [7, 11) is 0. The zero-order valence-corrected chi connectivity index (χ0v) is 49.6. The number of esters is 1. The number of nitrogens with one attached hydrogen (secondary N) is 1. The molecular formula is C67H131NO5. The fourth-order valence-electron chi connectivity index (χ4n) is 10.7. The summed E-state index contributed by atoms with van der Waals surface area (Å²) in [6.45, 7) is 4.98. The van der Waals surface area contributed by atoms with E-state index < -0.39 is 12.1 Å². The van der Waals surface area contributed by atoms with E-state index in [1.807, 2.05) is 0 Å². The molecule has 0 saturated heterocycles. The quantitative estimate of drug-likeness (QED) is 0.0320. The predicted molar refractivity (Wildman–Crippen MR) is 320 cm³/mol. The minimum absolute atomic E-state index is 0.00888. The van der Waals surface area contributed by atoms with Gasteiger partial charge in [0.25, 0.3) is 0 Å². The molecular weight excluding hydrogens is 899 g/mol. The van der Waals surface area contributed by atoms with E-state index in [2.05, 4.69) is 31.3 Å². The van der Waals surface area contributed by atoms with Gasteiger partial charge in [-0.2, -0.15) is 0 Å². The van der Waals surface area contributed by atoms with Gasteiger partial charge in [0.15, 0.2) is 0 Å². The van der Waals surface area contributed by atoms with Crippen LogP contribution in [0.1, 0.15) is 380 Å². The molecule has 1 amide bonds.